The maximum absolute atomic E-state index is 10.5. The summed E-state index contributed by atoms with van der Waals surface area (Å²) < 4.78 is 5.34. The molecule has 1 aliphatic rings. The van der Waals surface area contributed by atoms with Gasteiger partial charge in [0, 0.05) is 25.5 Å². The first kappa shape index (κ1) is 12.3. The van der Waals surface area contributed by atoms with Crippen molar-refractivity contribution < 1.29 is 14.6 Å². The minimum Gasteiger partial charge on any atom is -0.481 e. The quantitative estimate of drug-likeness (QED) is 0.862. The van der Waals surface area contributed by atoms with Gasteiger partial charge in [0.25, 0.3) is 0 Å². The zero-order valence-electron chi connectivity index (χ0n) is 9.76. The van der Waals surface area contributed by atoms with Crippen molar-refractivity contribution in [2.24, 2.45) is 0 Å². The van der Waals surface area contributed by atoms with Crippen LogP contribution in [-0.2, 0) is 16.0 Å². The van der Waals surface area contributed by atoms with Crippen molar-refractivity contribution >= 4 is 22.4 Å². The molecule has 6 heteroatoms. The van der Waals surface area contributed by atoms with Crippen LogP contribution in [0.2, 0.25) is 0 Å². The minimum absolute atomic E-state index is 0.138. The number of thiazole rings is 1. The number of aromatic nitrogens is 1. The third kappa shape index (κ3) is 3.17. The van der Waals surface area contributed by atoms with Gasteiger partial charge < -0.3 is 14.7 Å². The molecule has 1 unspecified atom stereocenters. The summed E-state index contributed by atoms with van der Waals surface area (Å²) in [6, 6.07) is 0.397. The van der Waals surface area contributed by atoms with Crippen molar-refractivity contribution in [3.63, 3.8) is 0 Å². The number of anilines is 1. The highest BCUT2D eigenvalue weighted by molar-refractivity contribution is 7.13. The van der Waals surface area contributed by atoms with Crippen LogP contribution in [0.25, 0.3) is 0 Å². The van der Waals surface area contributed by atoms with Gasteiger partial charge in [0.15, 0.2) is 5.13 Å². The van der Waals surface area contributed by atoms with Crippen molar-refractivity contribution in [3.05, 3.63) is 11.1 Å². The molecule has 0 aliphatic carbocycles. The molecule has 2 heterocycles. The van der Waals surface area contributed by atoms with Crippen LogP contribution in [-0.4, -0.2) is 42.4 Å². The lowest BCUT2D eigenvalue weighted by atomic mass is 10.2. The second kappa shape index (κ2) is 5.46. The van der Waals surface area contributed by atoms with Crippen molar-refractivity contribution in [1.29, 1.82) is 0 Å². The van der Waals surface area contributed by atoms with Crippen LogP contribution >= 0.6 is 11.3 Å². The van der Waals surface area contributed by atoms with E-state index in [9.17, 15) is 4.79 Å². The molecule has 1 aromatic rings. The fourth-order valence-electron chi connectivity index (χ4n) is 1.79. The topological polar surface area (TPSA) is 62.7 Å². The van der Waals surface area contributed by atoms with Gasteiger partial charge in [-0.3, -0.25) is 4.79 Å². The van der Waals surface area contributed by atoms with E-state index < -0.39 is 5.97 Å². The molecule has 1 aliphatic heterocycles. The number of hydrogen-bond donors (Lipinski definition) is 1. The van der Waals surface area contributed by atoms with E-state index in [0.717, 1.165) is 30.5 Å². The molecule has 0 spiro atoms. The van der Waals surface area contributed by atoms with E-state index in [2.05, 4.69) is 9.88 Å². The minimum atomic E-state index is -0.780. The monoisotopic (exact) mass is 256 g/mol. The number of carbonyl (C=O) groups is 1. The van der Waals surface area contributed by atoms with E-state index in [-0.39, 0.29) is 6.42 Å². The predicted molar refractivity (Wildman–Crippen MR) is 65.7 cm³/mol. The molecule has 1 fully saturated rings. The van der Waals surface area contributed by atoms with Crippen molar-refractivity contribution in [2.75, 3.05) is 25.2 Å². The summed E-state index contributed by atoms with van der Waals surface area (Å²) in [6.07, 6.45) is 1.67. The Morgan fingerprint density at radius 3 is 3.24 bits per heavy atom. The van der Waals surface area contributed by atoms with Crippen LogP contribution < -0.4 is 4.90 Å². The van der Waals surface area contributed by atoms with Gasteiger partial charge in [0.1, 0.15) is 0 Å². The summed E-state index contributed by atoms with van der Waals surface area (Å²) in [4.78, 5) is 17.1. The molecule has 2 rings (SSSR count). The summed E-state index contributed by atoms with van der Waals surface area (Å²) in [5.74, 6) is -0.780. The fraction of sp³-hybridized carbons (Fsp3) is 0.636. The van der Waals surface area contributed by atoms with Crippen LogP contribution in [0.5, 0.6) is 0 Å². The maximum Gasteiger partial charge on any atom is 0.303 e. The Hall–Kier alpha value is -1.14. The summed E-state index contributed by atoms with van der Waals surface area (Å²) in [7, 11) is 2.01. The van der Waals surface area contributed by atoms with Gasteiger partial charge in [-0.05, 0) is 6.42 Å². The van der Waals surface area contributed by atoms with Gasteiger partial charge in [-0.25, -0.2) is 4.98 Å². The van der Waals surface area contributed by atoms with Crippen molar-refractivity contribution in [2.45, 2.75) is 25.3 Å². The van der Waals surface area contributed by atoms with Gasteiger partial charge in [0.2, 0.25) is 0 Å². The fourth-order valence-corrected chi connectivity index (χ4v) is 2.69. The van der Waals surface area contributed by atoms with E-state index in [1.165, 1.54) is 0 Å². The van der Waals surface area contributed by atoms with E-state index in [0.29, 0.717) is 12.5 Å². The smallest absolute Gasteiger partial charge is 0.303 e. The van der Waals surface area contributed by atoms with Gasteiger partial charge in [-0.15, -0.1) is 11.3 Å². The van der Waals surface area contributed by atoms with Crippen LogP contribution in [0.15, 0.2) is 5.38 Å². The molecule has 1 atom stereocenters. The second-order valence-electron chi connectivity index (χ2n) is 4.14. The third-order valence-corrected chi connectivity index (χ3v) is 3.87. The lowest BCUT2D eigenvalue weighted by Crippen LogP contribution is -2.31. The van der Waals surface area contributed by atoms with E-state index in [1.54, 1.807) is 11.3 Å². The van der Waals surface area contributed by atoms with E-state index >= 15 is 0 Å². The zero-order chi connectivity index (χ0) is 12.3. The number of carboxylic acid groups (broad SMARTS) is 1. The Labute approximate surface area is 104 Å². The molecule has 1 saturated heterocycles. The number of aryl methyl sites for hydroxylation is 1. The third-order valence-electron chi connectivity index (χ3n) is 2.89. The Balaban J connectivity index is 1.94. The van der Waals surface area contributed by atoms with Crippen molar-refractivity contribution in [3.8, 4) is 0 Å². The first-order valence-corrected chi connectivity index (χ1v) is 6.51. The Kier molecular flexibility index (Phi) is 3.96. The summed E-state index contributed by atoms with van der Waals surface area (Å²) in [6.45, 7) is 1.56. The number of rotatable bonds is 5. The molecule has 1 aromatic heterocycles. The van der Waals surface area contributed by atoms with Gasteiger partial charge in [-0.1, -0.05) is 0 Å². The lowest BCUT2D eigenvalue weighted by Gasteiger charge is -2.21. The second-order valence-corrected chi connectivity index (χ2v) is 4.98. The Morgan fingerprint density at radius 1 is 1.76 bits per heavy atom. The van der Waals surface area contributed by atoms with Crippen molar-refractivity contribution in [1.82, 2.24) is 4.98 Å². The first-order valence-electron chi connectivity index (χ1n) is 5.63. The molecule has 0 amide bonds. The van der Waals surface area contributed by atoms with E-state index in [4.69, 9.17) is 9.84 Å². The number of nitrogens with zero attached hydrogens (tertiary/aromatic N) is 2. The highest BCUT2D eigenvalue weighted by atomic mass is 32.1. The SMILES string of the molecule is CN(c1nc(CCC(=O)O)cs1)C1CCOC1. The van der Waals surface area contributed by atoms with Gasteiger partial charge in [0.05, 0.1) is 24.8 Å². The maximum atomic E-state index is 10.5. The van der Waals surface area contributed by atoms with Crippen LogP contribution in [0.3, 0.4) is 0 Å². The molecule has 5 nitrogen and oxygen atoms in total. The standard InChI is InChI=1S/C11H16N2O3S/c1-13(9-4-5-16-6-9)11-12-8(7-17-11)2-3-10(14)15/h7,9H,2-6H2,1H3,(H,14,15). The molecule has 94 valence electrons. The van der Waals surface area contributed by atoms with Crippen LogP contribution in [0.1, 0.15) is 18.5 Å². The number of likely N-dealkylation sites (N-methyl/N-ethyl adjacent to an activating group) is 1. The molecule has 0 radical (unpaired) electrons. The number of ether oxygens (including phenoxy) is 1. The average Bonchev–Trinajstić information content (AvgIpc) is 2.97. The molecule has 17 heavy (non-hydrogen) atoms. The van der Waals surface area contributed by atoms with Gasteiger partial charge in [-0.2, -0.15) is 0 Å². The molecule has 0 aromatic carbocycles. The molecular weight excluding hydrogens is 240 g/mol. The highest BCUT2D eigenvalue weighted by Crippen LogP contribution is 2.24. The normalized spacial score (nSPS) is 19.5. The Morgan fingerprint density at radius 2 is 2.59 bits per heavy atom. The number of aliphatic carboxylic acids is 1. The predicted octanol–water partition coefficient (Wildman–Crippen LogP) is 1.39. The number of hydrogen-bond acceptors (Lipinski definition) is 5. The largest absolute Gasteiger partial charge is 0.481 e. The van der Waals surface area contributed by atoms with Gasteiger partial charge >= 0.3 is 5.97 Å². The number of carboxylic acids is 1. The zero-order valence-corrected chi connectivity index (χ0v) is 10.6. The first-order chi connectivity index (χ1) is 8.16. The molecule has 1 N–H and O–H groups in total. The van der Waals surface area contributed by atoms with Crippen LogP contribution in [0.4, 0.5) is 5.13 Å². The lowest BCUT2D eigenvalue weighted by molar-refractivity contribution is -0.136. The average molecular weight is 256 g/mol. The summed E-state index contributed by atoms with van der Waals surface area (Å²) >= 11 is 1.56. The summed E-state index contributed by atoms with van der Waals surface area (Å²) in [5.41, 5.74) is 0.859. The van der Waals surface area contributed by atoms with Crippen LogP contribution in [0, 0.1) is 0 Å². The summed E-state index contributed by atoms with van der Waals surface area (Å²) in [5, 5.41) is 11.5. The molecule has 0 saturated carbocycles. The molecule has 0 bridgehead atoms. The molecular formula is C11H16N2O3S. The highest BCUT2D eigenvalue weighted by Gasteiger charge is 2.22. The Bertz CT molecular complexity index is 388. The van der Waals surface area contributed by atoms with E-state index in [1.807, 2.05) is 12.4 Å².